The molecule has 66 valence electrons. The minimum Gasteiger partial charge on any atom is -0.324 e. The Hall–Kier alpha value is -1.16. The van der Waals surface area contributed by atoms with E-state index in [1.165, 1.54) is 6.07 Å². The van der Waals surface area contributed by atoms with Gasteiger partial charge in [0.05, 0.1) is 5.69 Å². The highest BCUT2D eigenvalue weighted by Gasteiger charge is 2.11. The van der Waals surface area contributed by atoms with Crippen LogP contribution in [0.4, 0.5) is 14.5 Å². The minimum atomic E-state index is -2.45. The van der Waals surface area contributed by atoms with Crippen LogP contribution in [0.15, 0.2) is 18.2 Å². The summed E-state index contributed by atoms with van der Waals surface area (Å²) in [6.07, 6.45) is -2.45. The summed E-state index contributed by atoms with van der Waals surface area (Å²) in [4.78, 5) is 0. The smallest absolute Gasteiger partial charge is 0.264 e. The van der Waals surface area contributed by atoms with E-state index in [0.717, 1.165) is 0 Å². The molecule has 0 amide bonds. The maximum atomic E-state index is 12.3. The Morgan fingerprint density at radius 2 is 2.08 bits per heavy atom. The molecule has 4 heteroatoms. The Morgan fingerprint density at radius 1 is 1.42 bits per heavy atom. The highest BCUT2D eigenvalue weighted by Crippen LogP contribution is 2.26. The lowest BCUT2D eigenvalue weighted by Gasteiger charge is -2.09. The highest BCUT2D eigenvalue weighted by atomic mass is 19.3. The normalized spacial score (nSPS) is 10.4. The molecule has 0 saturated heterocycles. The molecular weight excluding hydrogens is 162 g/mol. The zero-order valence-electron chi connectivity index (χ0n) is 6.64. The largest absolute Gasteiger partial charge is 0.324 e. The van der Waals surface area contributed by atoms with E-state index in [9.17, 15) is 8.78 Å². The fourth-order valence-corrected chi connectivity index (χ4v) is 1.05. The molecule has 0 aliphatic carbocycles. The molecule has 0 spiro atoms. The van der Waals surface area contributed by atoms with Gasteiger partial charge in [0.15, 0.2) is 0 Å². The summed E-state index contributed by atoms with van der Waals surface area (Å²) >= 11 is 0. The standard InChI is InChI=1S/C8H10F2N2/c1-5-6(8(9)10)3-2-4-7(5)12-11/h2-4,8,12H,11H2,1H3. The predicted octanol–water partition coefficient (Wildman–Crippen LogP) is 2.22. The average Bonchev–Trinajstić information content (AvgIpc) is 2.04. The SMILES string of the molecule is Cc1c(NN)cccc1C(F)F. The van der Waals surface area contributed by atoms with Gasteiger partial charge in [0.1, 0.15) is 0 Å². The van der Waals surface area contributed by atoms with Crippen LogP contribution in [-0.4, -0.2) is 0 Å². The zero-order valence-corrected chi connectivity index (χ0v) is 6.64. The van der Waals surface area contributed by atoms with Crippen molar-refractivity contribution in [1.82, 2.24) is 0 Å². The molecule has 0 saturated carbocycles. The van der Waals surface area contributed by atoms with Crippen molar-refractivity contribution < 1.29 is 8.78 Å². The third kappa shape index (κ3) is 1.53. The summed E-state index contributed by atoms with van der Waals surface area (Å²) in [6.45, 7) is 1.61. The number of halogens is 2. The third-order valence-corrected chi connectivity index (χ3v) is 1.77. The van der Waals surface area contributed by atoms with Gasteiger partial charge in [0.2, 0.25) is 0 Å². The van der Waals surface area contributed by atoms with Crippen molar-refractivity contribution in [3.63, 3.8) is 0 Å². The van der Waals surface area contributed by atoms with Crippen LogP contribution >= 0.6 is 0 Å². The summed E-state index contributed by atoms with van der Waals surface area (Å²) in [7, 11) is 0. The number of nitrogens with one attached hydrogen (secondary N) is 1. The molecule has 3 N–H and O–H groups in total. The number of nitrogen functional groups attached to an aromatic ring is 1. The molecule has 0 atom stereocenters. The topological polar surface area (TPSA) is 38.0 Å². The average molecular weight is 172 g/mol. The zero-order chi connectivity index (χ0) is 9.14. The summed E-state index contributed by atoms with van der Waals surface area (Å²) in [6, 6.07) is 4.59. The number of hydrazine groups is 1. The van der Waals surface area contributed by atoms with Crippen LogP contribution in [-0.2, 0) is 0 Å². The van der Waals surface area contributed by atoms with Crippen molar-refractivity contribution in [2.24, 2.45) is 5.84 Å². The van der Waals surface area contributed by atoms with E-state index in [1.807, 2.05) is 0 Å². The fourth-order valence-electron chi connectivity index (χ4n) is 1.05. The molecule has 0 radical (unpaired) electrons. The van der Waals surface area contributed by atoms with Crippen molar-refractivity contribution in [2.75, 3.05) is 5.43 Å². The van der Waals surface area contributed by atoms with Gasteiger partial charge in [-0.1, -0.05) is 12.1 Å². The van der Waals surface area contributed by atoms with Gasteiger partial charge in [0.25, 0.3) is 6.43 Å². The molecule has 2 nitrogen and oxygen atoms in total. The lowest BCUT2D eigenvalue weighted by atomic mass is 10.1. The van der Waals surface area contributed by atoms with E-state index >= 15 is 0 Å². The van der Waals surface area contributed by atoms with Crippen molar-refractivity contribution >= 4 is 5.69 Å². The van der Waals surface area contributed by atoms with Crippen LogP contribution in [0.5, 0.6) is 0 Å². The number of hydrogen-bond donors (Lipinski definition) is 2. The van der Waals surface area contributed by atoms with Gasteiger partial charge >= 0.3 is 0 Å². The van der Waals surface area contributed by atoms with E-state index < -0.39 is 6.43 Å². The van der Waals surface area contributed by atoms with Crippen molar-refractivity contribution in [2.45, 2.75) is 13.3 Å². The van der Waals surface area contributed by atoms with Gasteiger partial charge < -0.3 is 5.43 Å². The van der Waals surface area contributed by atoms with Crippen LogP contribution in [0.2, 0.25) is 0 Å². The van der Waals surface area contributed by atoms with Gasteiger partial charge in [0, 0.05) is 5.56 Å². The van der Waals surface area contributed by atoms with E-state index in [4.69, 9.17) is 5.84 Å². The van der Waals surface area contributed by atoms with Crippen molar-refractivity contribution in [3.05, 3.63) is 29.3 Å². The summed E-state index contributed by atoms with van der Waals surface area (Å²) in [5.74, 6) is 5.12. The predicted molar refractivity (Wildman–Crippen MR) is 43.9 cm³/mol. The summed E-state index contributed by atoms with van der Waals surface area (Å²) in [5, 5.41) is 0. The van der Waals surface area contributed by atoms with Crippen LogP contribution in [0, 0.1) is 6.92 Å². The number of benzene rings is 1. The second kappa shape index (κ2) is 3.49. The Labute approximate surface area is 69.4 Å². The fraction of sp³-hybridized carbons (Fsp3) is 0.250. The van der Waals surface area contributed by atoms with Crippen molar-refractivity contribution in [1.29, 1.82) is 0 Å². The lowest BCUT2D eigenvalue weighted by Crippen LogP contribution is -2.09. The Kier molecular flexibility index (Phi) is 2.60. The van der Waals surface area contributed by atoms with Crippen LogP contribution in [0.3, 0.4) is 0 Å². The van der Waals surface area contributed by atoms with Gasteiger partial charge in [-0.25, -0.2) is 8.78 Å². The molecule has 12 heavy (non-hydrogen) atoms. The highest BCUT2D eigenvalue weighted by molar-refractivity contribution is 5.53. The number of rotatable bonds is 2. The molecule has 0 aromatic heterocycles. The molecular formula is C8H10F2N2. The Morgan fingerprint density at radius 3 is 2.58 bits per heavy atom. The molecule has 1 aromatic rings. The monoisotopic (exact) mass is 172 g/mol. The Bertz CT molecular complexity index is 274. The van der Waals surface area contributed by atoms with E-state index in [2.05, 4.69) is 5.43 Å². The minimum absolute atomic E-state index is 0.0189. The second-order valence-electron chi connectivity index (χ2n) is 2.46. The second-order valence-corrected chi connectivity index (χ2v) is 2.46. The maximum absolute atomic E-state index is 12.3. The molecule has 0 unspecified atom stereocenters. The first-order valence-electron chi connectivity index (χ1n) is 3.51. The molecule has 0 fully saturated rings. The number of anilines is 1. The first-order valence-corrected chi connectivity index (χ1v) is 3.51. The first kappa shape index (κ1) is 8.93. The maximum Gasteiger partial charge on any atom is 0.264 e. The number of nitrogens with two attached hydrogens (primary N) is 1. The number of alkyl halides is 2. The van der Waals surface area contributed by atoms with E-state index in [0.29, 0.717) is 11.3 Å². The van der Waals surface area contributed by atoms with Crippen LogP contribution in [0.25, 0.3) is 0 Å². The van der Waals surface area contributed by atoms with Crippen LogP contribution in [0.1, 0.15) is 17.6 Å². The van der Waals surface area contributed by atoms with Crippen molar-refractivity contribution in [3.8, 4) is 0 Å². The molecule has 1 aromatic carbocycles. The van der Waals surface area contributed by atoms with Gasteiger partial charge in [-0.3, -0.25) is 5.84 Å². The van der Waals surface area contributed by atoms with Crippen LogP contribution < -0.4 is 11.3 Å². The summed E-state index contributed by atoms with van der Waals surface area (Å²) < 4.78 is 24.6. The van der Waals surface area contributed by atoms with E-state index in [-0.39, 0.29) is 5.56 Å². The molecule has 0 aliphatic heterocycles. The summed E-state index contributed by atoms with van der Waals surface area (Å²) in [5.41, 5.74) is 3.41. The first-order chi connectivity index (χ1) is 5.66. The van der Waals surface area contributed by atoms with E-state index in [1.54, 1.807) is 19.1 Å². The third-order valence-electron chi connectivity index (χ3n) is 1.77. The van der Waals surface area contributed by atoms with Gasteiger partial charge in [-0.05, 0) is 18.6 Å². The van der Waals surface area contributed by atoms with Gasteiger partial charge in [-0.15, -0.1) is 0 Å². The molecule has 1 rings (SSSR count). The Balaban J connectivity index is 3.14. The molecule has 0 aliphatic rings. The molecule has 0 heterocycles. The lowest BCUT2D eigenvalue weighted by molar-refractivity contribution is 0.150. The molecule has 0 bridgehead atoms. The quantitative estimate of drug-likeness (QED) is 0.530. The number of hydrogen-bond acceptors (Lipinski definition) is 2. The van der Waals surface area contributed by atoms with Gasteiger partial charge in [-0.2, -0.15) is 0 Å².